The van der Waals surface area contributed by atoms with Crippen LogP contribution in [0.2, 0.25) is 0 Å². The molecule has 1 heterocycles. The zero-order valence-corrected chi connectivity index (χ0v) is 6.77. The molecule has 1 aromatic heterocycles. The number of hydrogen-bond donors (Lipinski definition) is 2. The minimum Gasteiger partial charge on any atom is -0.492 e. The molecule has 0 aliphatic heterocycles. The van der Waals surface area contributed by atoms with Gasteiger partial charge in [0.05, 0.1) is 12.8 Å². The van der Waals surface area contributed by atoms with Crippen LogP contribution in [0, 0.1) is 0 Å². The van der Waals surface area contributed by atoms with Crippen molar-refractivity contribution < 1.29 is 14.8 Å². The summed E-state index contributed by atoms with van der Waals surface area (Å²) in [5.41, 5.74) is 0.334. The molecule has 0 saturated carbocycles. The lowest BCUT2D eigenvalue weighted by atomic mass is 9.82. The van der Waals surface area contributed by atoms with Crippen molar-refractivity contribution in [3.8, 4) is 5.75 Å². The van der Waals surface area contributed by atoms with Crippen LogP contribution >= 0.6 is 0 Å². The van der Waals surface area contributed by atoms with Gasteiger partial charge >= 0.3 is 7.12 Å². The molecule has 0 aromatic carbocycles. The average Bonchev–Trinajstić information content (AvgIpc) is 2.05. The van der Waals surface area contributed by atoms with E-state index >= 15 is 0 Å². The molecule has 0 saturated heterocycles. The van der Waals surface area contributed by atoms with Crippen LogP contribution in [0.1, 0.15) is 6.92 Å². The van der Waals surface area contributed by atoms with Crippen LogP contribution in [-0.4, -0.2) is 28.8 Å². The number of rotatable bonds is 3. The summed E-state index contributed by atoms with van der Waals surface area (Å²) in [6.07, 6.45) is 2.91. The van der Waals surface area contributed by atoms with E-state index in [0.29, 0.717) is 17.8 Å². The molecule has 0 aliphatic rings. The molecule has 0 atom stereocenters. The maximum absolute atomic E-state index is 8.78. The quantitative estimate of drug-likeness (QED) is 0.576. The first-order chi connectivity index (χ1) is 5.74. The molecule has 12 heavy (non-hydrogen) atoms. The van der Waals surface area contributed by atoms with E-state index in [1.165, 1.54) is 12.4 Å². The molecule has 0 bridgehead atoms. The van der Waals surface area contributed by atoms with Gasteiger partial charge in [-0.25, -0.2) is 0 Å². The first kappa shape index (κ1) is 9.03. The van der Waals surface area contributed by atoms with Gasteiger partial charge in [-0.05, 0) is 13.0 Å². The highest BCUT2D eigenvalue weighted by molar-refractivity contribution is 6.58. The minimum absolute atomic E-state index is 0.334. The maximum Gasteiger partial charge on any atom is 0.490 e. The van der Waals surface area contributed by atoms with Gasteiger partial charge in [0, 0.05) is 11.7 Å². The second-order valence-corrected chi connectivity index (χ2v) is 2.26. The fraction of sp³-hybridized carbons (Fsp3) is 0.286. The molecular weight excluding hydrogens is 157 g/mol. The standard InChI is InChI=1S/C7H10BNO3/c1-2-12-7-3-6(8(10)11)4-9-5-7/h3-5,10-11H,2H2,1H3. The first-order valence-electron chi connectivity index (χ1n) is 3.68. The smallest absolute Gasteiger partial charge is 0.490 e. The van der Waals surface area contributed by atoms with E-state index < -0.39 is 7.12 Å². The van der Waals surface area contributed by atoms with E-state index in [2.05, 4.69) is 4.98 Å². The SMILES string of the molecule is CCOc1cncc(B(O)O)c1. The van der Waals surface area contributed by atoms with Crippen molar-refractivity contribution in [2.75, 3.05) is 6.61 Å². The fourth-order valence-corrected chi connectivity index (χ4v) is 0.822. The number of hydrogen-bond acceptors (Lipinski definition) is 4. The molecule has 1 rings (SSSR count). The molecule has 0 fully saturated rings. The Morgan fingerprint density at radius 3 is 2.83 bits per heavy atom. The topological polar surface area (TPSA) is 62.6 Å². The molecule has 2 N–H and O–H groups in total. The van der Waals surface area contributed by atoms with Gasteiger partial charge in [0.15, 0.2) is 0 Å². The lowest BCUT2D eigenvalue weighted by Crippen LogP contribution is -2.30. The van der Waals surface area contributed by atoms with Crippen molar-refractivity contribution in [3.05, 3.63) is 18.5 Å². The summed E-state index contributed by atoms with van der Waals surface area (Å²) >= 11 is 0. The Labute approximate surface area is 71.0 Å². The van der Waals surface area contributed by atoms with Crippen LogP contribution in [0.4, 0.5) is 0 Å². The van der Waals surface area contributed by atoms with Gasteiger partial charge in [-0.1, -0.05) is 0 Å². The van der Waals surface area contributed by atoms with Gasteiger partial charge in [0.1, 0.15) is 5.75 Å². The largest absolute Gasteiger partial charge is 0.492 e. The van der Waals surface area contributed by atoms with Crippen LogP contribution in [0.15, 0.2) is 18.5 Å². The van der Waals surface area contributed by atoms with Gasteiger partial charge < -0.3 is 14.8 Å². The number of pyridine rings is 1. The van der Waals surface area contributed by atoms with Crippen molar-refractivity contribution in [2.24, 2.45) is 0 Å². The summed E-state index contributed by atoms with van der Waals surface area (Å²) in [6, 6.07) is 1.54. The van der Waals surface area contributed by atoms with Gasteiger partial charge in [0.25, 0.3) is 0 Å². The third-order valence-electron chi connectivity index (χ3n) is 1.34. The number of nitrogens with zero attached hydrogens (tertiary/aromatic N) is 1. The van der Waals surface area contributed by atoms with Gasteiger partial charge in [-0.2, -0.15) is 0 Å². The molecule has 0 unspecified atom stereocenters. The third-order valence-corrected chi connectivity index (χ3v) is 1.34. The third kappa shape index (κ3) is 2.22. The molecule has 64 valence electrons. The summed E-state index contributed by atoms with van der Waals surface area (Å²) in [4.78, 5) is 3.78. The number of aromatic nitrogens is 1. The Kier molecular flexibility index (Phi) is 3.07. The van der Waals surface area contributed by atoms with E-state index in [9.17, 15) is 0 Å². The highest BCUT2D eigenvalue weighted by Gasteiger charge is 2.11. The van der Waals surface area contributed by atoms with Crippen molar-refractivity contribution in [1.82, 2.24) is 4.98 Å². The maximum atomic E-state index is 8.78. The fourth-order valence-electron chi connectivity index (χ4n) is 0.822. The molecule has 4 nitrogen and oxygen atoms in total. The molecule has 1 aromatic rings. The normalized spacial score (nSPS) is 9.58. The first-order valence-corrected chi connectivity index (χ1v) is 3.68. The molecular formula is C7H10BNO3. The summed E-state index contributed by atoms with van der Waals surface area (Å²) in [7, 11) is -1.49. The second-order valence-electron chi connectivity index (χ2n) is 2.26. The lowest BCUT2D eigenvalue weighted by molar-refractivity contribution is 0.339. The van der Waals surface area contributed by atoms with Crippen LogP contribution in [0.25, 0.3) is 0 Å². The average molecular weight is 167 g/mol. The molecule has 5 heteroatoms. The van der Waals surface area contributed by atoms with E-state index in [4.69, 9.17) is 14.8 Å². The Morgan fingerprint density at radius 2 is 2.25 bits per heavy atom. The predicted octanol–water partition coefficient (Wildman–Crippen LogP) is -0.840. The summed E-state index contributed by atoms with van der Waals surface area (Å²) in [6.45, 7) is 2.38. The second kappa shape index (κ2) is 4.08. The lowest BCUT2D eigenvalue weighted by Gasteiger charge is -2.03. The Balaban J connectivity index is 2.81. The van der Waals surface area contributed by atoms with Gasteiger partial charge in [-0.15, -0.1) is 0 Å². The molecule has 0 aliphatic carbocycles. The van der Waals surface area contributed by atoms with E-state index in [1.54, 1.807) is 6.07 Å². The predicted molar refractivity (Wildman–Crippen MR) is 45.2 cm³/mol. The van der Waals surface area contributed by atoms with Crippen LogP contribution in [-0.2, 0) is 0 Å². The van der Waals surface area contributed by atoms with Crippen LogP contribution < -0.4 is 10.2 Å². The number of ether oxygens (including phenoxy) is 1. The summed E-state index contributed by atoms with van der Waals surface area (Å²) < 4.78 is 5.11. The molecule has 0 spiro atoms. The van der Waals surface area contributed by atoms with Gasteiger partial charge in [-0.3, -0.25) is 4.98 Å². The summed E-state index contributed by atoms with van der Waals surface area (Å²) in [5, 5.41) is 17.6. The van der Waals surface area contributed by atoms with Crippen LogP contribution in [0.3, 0.4) is 0 Å². The Hall–Kier alpha value is -1.07. The van der Waals surface area contributed by atoms with Crippen molar-refractivity contribution in [3.63, 3.8) is 0 Å². The van der Waals surface area contributed by atoms with E-state index in [0.717, 1.165) is 0 Å². The molecule has 0 radical (unpaired) electrons. The van der Waals surface area contributed by atoms with Gasteiger partial charge in [0.2, 0.25) is 0 Å². The van der Waals surface area contributed by atoms with Crippen molar-refractivity contribution >= 4 is 12.6 Å². The Bertz CT molecular complexity index is 254. The van der Waals surface area contributed by atoms with Crippen LogP contribution in [0.5, 0.6) is 5.75 Å². The zero-order valence-electron chi connectivity index (χ0n) is 6.77. The highest BCUT2D eigenvalue weighted by Crippen LogP contribution is 2.04. The molecule has 0 amide bonds. The minimum atomic E-state index is -1.49. The monoisotopic (exact) mass is 167 g/mol. The van der Waals surface area contributed by atoms with E-state index in [1.807, 2.05) is 6.92 Å². The highest BCUT2D eigenvalue weighted by atomic mass is 16.5. The van der Waals surface area contributed by atoms with E-state index in [-0.39, 0.29) is 0 Å². The van der Waals surface area contributed by atoms with Crippen molar-refractivity contribution in [2.45, 2.75) is 6.92 Å². The van der Waals surface area contributed by atoms with Crippen molar-refractivity contribution in [1.29, 1.82) is 0 Å². The zero-order chi connectivity index (χ0) is 8.97. The Morgan fingerprint density at radius 1 is 1.50 bits per heavy atom. The summed E-state index contributed by atoms with van der Waals surface area (Å²) in [5.74, 6) is 0.545.